The Morgan fingerprint density at radius 2 is 1.58 bits per heavy atom. The molecule has 0 aromatic heterocycles. The SMILES string of the molecule is COC(C)N(c1c([N+](=O)[O-])cc(C(F)(F)F)cc1[N+](=O)[O-])C(C)Br. The molecule has 0 aliphatic heterocycles. The summed E-state index contributed by atoms with van der Waals surface area (Å²) >= 11 is 3.12. The highest BCUT2D eigenvalue weighted by Gasteiger charge is 2.40. The Labute approximate surface area is 142 Å². The van der Waals surface area contributed by atoms with Gasteiger partial charge in [0.15, 0.2) is 5.69 Å². The minimum absolute atomic E-state index is 0.271. The average Bonchev–Trinajstić information content (AvgIpc) is 2.44. The van der Waals surface area contributed by atoms with Crippen LogP contribution in [0, 0.1) is 20.2 Å². The number of alkyl halides is 4. The van der Waals surface area contributed by atoms with E-state index in [0.717, 1.165) is 4.90 Å². The molecule has 0 spiro atoms. The lowest BCUT2D eigenvalue weighted by atomic mass is 10.1. The lowest BCUT2D eigenvalue weighted by Crippen LogP contribution is -2.39. The predicted molar refractivity (Wildman–Crippen MR) is 82.1 cm³/mol. The molecule has 24 heavy (non-hydrogen) atoms. The molecule has 0 aliphatic carbocycles. The van der Waals surface area contributed by atoms with Crippen LogP contribution in [0.5, 0.6) is 0 Å². The van der Waals surface area contributed by atoms with Crippen LogP contribution in [0.15, 0.2) is 12.1 Å². The van der Waals surface area contributed by atoms with E-state index in [9.17, 15) is 33.4 Å². The van der Waals surface area contributed by atoms with Crippen LogP contribution in [-0.2, 0) is 10.9 Å². The highest BCUT2D eigenvalue weighted by atomic mass is 79.9. The number of benzene rings is 1. The van der Waals surface area contributed by atoms with E-state index in [-0.39, 0.29) is 12.1 Å². The molecule has 0 radical (unpaired) electrons. The summed E-state index contributed by atoms with van der Waals surface area (Å²) in [6.45, 7) is 2.95. The van der Waals surface area contributed by atoms with Crippen molar-refractivity contribution < 1.29 is 27.8 Å². The van der Waals surface area contributed by atoms with Crippen molar-refractivity contribution in [2.75, 3.05) is 12.0 Å². The van der Waals surface area contributed by atoms with Crippen LogP contribution in [0.3, 0.4) is 0 Å². The van der Waals surface area contributed by atoms with Gasteiger partial charge in [0, 0.05) is 19.2 Å². The molecule has 0 fully saturated rings. The number of rotatable bonds is 6. The van der Waals surface area contributed by atoms with Gasteiger partial charge in [0.2, 0.25) is 0 Å². The molecular weight excluding hydrogens is 403 g/mol. The predicted octanol–water partition coefficient (Wildman–Crippen LogP) is 4.06. The van der Waals surface area contributed by atoms with E-state index in [2.05, 4.69) is 15.9 Å². The Hall–Kier alpha value is -1.95. The molecule has 2 atom stereocenters. The van der Waals surface area contributed by atoms with Crippen LogP contribution in [0.1, 0.15) is 19.4 Å². The van der Waals surface area contributed by atoms with Crippen molar-refractivity contribution in [3.8, 4) is 0 Å². The van der Waals surface area contributed by atoms with Crippen LogP contribution in [0.25, 0.3) is 0 Å². The molecule has 2 unspecified atom stereocenters. The van der Waals surface area contributed by atoms with Crippen LogP contribution in [-0.4, -0.2) is 28.1 Å². The van der Waals surface area contributed by atoms with Crippen molar-refractivity contribution >= 4 is 33.0 Å². The van der Waals surface area contributed by atoms with Gasteiger partial charge in [-0.15, -0.1) is 0 Å². The Kier molecular flexibility index (Phi) is 6.11. The molecule has 1 aromatic carbocycles. The zero-order valence-electron chi connectivity index (χ0n) is 12.7. The molecule has 1 aromatic rings. The second-order valence-electron chi connectivity index (χ2n) is 4.69. The molecule has 0 amide bonds. The Morgan fingerprint density at radius 1 is 1.17 bits per heavy atom. The highest BCUT2D eigenvalue weighted by Crippen LogP contribution is 2.44. The van der Waals surface area contributed by atoms with Crippen LogP contribution in [0.2, 0.25) is 0 Å². The molecule has 12 heteroatoms. The summed E-state index contributed by atoms with van der Waals surface area (Å²) in [6, 6.07) is 0.542. The fraction of sp³-hybridized carbons (Fsp3) is 0.500. The zero-order chi connectivity index (χ0) is 18.8. The number of nitro groups is 2. The normalized spacial score (nSPS) is 14.1. The number of anilines is 1. The molecule has 134 valence electrons. The van der Waals surface area contributed by atoms with Gasteiger partial charge in [-0.05, 0) is 13.8 Å². The third-order valence-corrected chi connectivity index (χ3v) is 3.61. The summed E-state index contributed by atoms with van der Waals surface area (Å²) in [4.78, 5) is 20.7. The van der Waals surface area contributed by atoms with Crippen LogP contribution < -0.4 is 4.90 Å². The van der Waals surface area contributed by atoms with Crippen molar-refractivity contribution in [3.63, 3.8) is 0 Å². The maximum Gasteiger partial charge on any atom is 0.416 e. The molecule has 0 aliphatic rings. The van der Waals surface area contributed by atoms with Gasteiger partial charge in [-0.1, -0.05) is 15.9 Å². The van der Waals surface area contributed by atoms with Crippen LogP contribution in [0.4, 0.5) is 30.2 Å². The molecule has 0 saturated heterocycles. The van der Waals surface area contributed by atoms with Crippen molar-refractivity contribution in [1.82, 2.24) is 0 Å². The minimum atomic E-state index is -4.97. The number of hydrogen-bond acceptors (Lipinski definition) is 6. The summed E-state index contributed by atoms with van der Waals surface area (Å²) in [5.41, 5.74) is -4.12. The first-order chi connectivity index (χ1) is 10.9. The molecule has 1 rings (SSSR count). The van der Waals surface area contributed by atoms with E-state index < -0.39 is 49.8 Å². The van der Waals surface area contributed by atoms with Gasteiger partial charge in [0.05, 0.1) is 20.4 Å². The average molecular weight is 416 g/mol. The second-order valence-corrected chi connectivity index (χ2v) is 6.02. The zero-order valence-corrected chi connectivity index (χ0v) is 14.3. The van der Waals surface area contributed by atoms with Crippen molar-refractivity contribution in [1.29, 1.82) is 0 Å². The third-order valence-electron chi connectivity index (χ3n) is 3.16. The van der Waals surface area contributed by atoms with Gasteiger partial charge >= 0.3 is 6.18 Å². The number of ether oxygens (including phenoxy) is 1. The van der Waals surface area contributed by atoms with E-state index >= 15 is 0 Å². The van der Waals surface area contributed by atoms with Gasteiger partial charge in [0.1, 0.15) is 6.23 Å². The summed E-state index contributed by atoms with van der Waals surface area (Å²) in [5.74, 6) is 0. The summed E-state index contributed by atoms with van der Waals surface area (Å²) in [5, 5.41) is 22.5. The molecule has 0 heterocycles. The van der Waals surface area contributed by atoms with Crippen molar-refractivity contribution in [2.24, 2.45) is 0 Å². The Morgan fingerprint density at radius 3 is 1.83 bits per heavy atom. The van der Waals surface area contributed by atoms with Crippen molar-refractivity contribution in [3.05, 3.63) is 37.9 Å². The van der Waals surface area contributed by atoms with Gasteiger partial charge in [-0.2, -0.15) is 13.2 Å². The Balaban J connectivity index is 3.86. The van der Waals surface area contributed by atoms with E-state index in [4.69, 9.17) is 4.74 Å². The number of halogens is 4. The maximum atomic E-state index is 12.9. The van der Waals surface area contributed by atoms with Crippen LogP contribution >= 0.6 is 15.9 Å². The van der Waals surface area contributed by atoms with Gasteiger partial charge in [0.25, 0.3) is 11.4 Å². The number of nitrogens with zero attached hydrogens (tertiary/aromatic N) is 3. The number of methoxy groups -OCH3 is 1. The lowest BCUT2D eigenvalue weighted by molar-refractivity contribution is -0.393. The summed E-state index contributed by atoms with van der Waals surface area (Å²) < 4.78 is 43.7. The Bertz CT molecular complexity index is 618. The largest absolute Gasteiger partial charge is 0.416 e. The van der Waals surface area contributed by atoms with Gasteiger partial charge in [-0.25, -0.2) is 0 Å². The van der Waals surface area contributed by atoms with Crippen molar-refractivity contribution in [2.45, 2.75) is 31.2 Å². The van der Waals surface area contributed by atoms with E-state index in [1.54, 1.807) is 0 Å². The fourth-order valence-corrected chi connectivity index (χ4v) is 2.61. The van der Waals surface area contributed by atoms with Gasteiger partial charge < -0.3 is 9.64 Å². The maximum absolute atomic E-state index is 12.9. The second kappa shape index (κ2) is 7.30. The standard InChI is InChI=1S/C12H13BrF3N3O5/c1-6(13)17(7(2)24-3)11-9(18(20)21)4-8(12(14,15)16)5-10(11)19(22)23/h4-7H,1-3H3. The first-order valence-electron chi connectivity index (χ1n) is 6.41. The third kappa shape index (κ3) is 4.12. The van der Waals surface area contributed by atoms with E-state index in [1.807, 2.05) is 0 Å². The highest BCUT2D eigenvalue weighted by molar-refractivity contribution is 9.09. The number of hydrogen-bond donors (Lipinski definition) is 0. The topological polar surface area (TPSA) is 98.8 Å². The molecule has 0 N–H and O–H groups in total. The van der Waals surface area contributed by atoms with E-state index in [1.165, 1.54) is 21.0 Å². The van der Waals surface area contributed by atoms with E-state index in [0.29, 0.717) is 0 Å². The fourth-order valence-electron chi connectivity index (χ4n) is 2.07. The molecular formula is C12H13BrF3N3O5. The smallest absolute Gasteiger partial charge is 0.362 e. The number of nitro benzene ring substituents is 2. The first kappa shape index (κ1) is 20.1. The molecule has 8 nitrogen and oxygen atoms in total. The minimum Gasteiger partial charge on any atom is -0.362 e. The van der Waals surface area contributed by atoms with Gasteiger partial charge in [-0.3, -0.25) is 20.2 Å². The first-order valence-corrected chi connectivity index (χ1v) is 7.32. The summed E-state index contributed by atoms with van der Waals surface area (Å²) in [6.07, 6.45) is -5.85. The quantitative estimate of drug-likeness (QED) is 0.228. The molecule has 0 saturated carbocycles. The monoisotopic (exact) mass is 415 g/mol. The molecule has 0 bridgehead atoms. The summed E-state index contributed by atoms with van der Waals surface area (Å²) in [7, 11) is 1.26. The lowest BCUT2D eigenvalue weighted by Gasteiger charge is -2.32.